The monoisotopic (exact) mass is 379 g/mol. The van der Waals surface area contributed by atoms with Crippen LogP contribution in [0, 0.1) is 11.8 Å². The number of fused-ring (bicyclic) bond motifs is 2. The maximum atomic E-state index is 12.7. The van der Waals surface area contributed by atoms with Gasteiger partial charge in [-0.25, -0.2) is 0 Å². The molecule has 3 aliphatic heterocycles. The number of likely N-dealkylation sites (tertiary alicyclic amines) is 1. The molecule has 0 radical (unpaired) electrons. The van der Waals surface area contributed by atoms with E-state index in [-0.39, 0.29) is 11.5 Å². The molecule has 3 aliphatic rings. The number of hydrogen-bond donors (Lipinski definition) is 2. The largest absolute Gasteiger partial charge is 0.370 e. The zero-order chi connectivity index (χ0) is 19.3. The molecule has 3 saturated heterocycles. The van der Waals surface area contributed by atoms with E-state index < -0.39 is 0 Å². The molecule has 28 heavy (non-hydrogen) atoms. The summed E-state index contributed by atoms with van der Waals surface area (Å²) in [7, 11) is 0. The van der Waals surface area contributed by atoms with Gasteiger partial charge >= 0.3 is 0 Å². The minimum atomic E-state index is 0.00715. The molecule has 4 heterocycles. The molecule has 1 amide bonds. The van der Waals surface area contributed by atoms with Crippen molar-refractivity contribution in [2.45, 2.75) is 38.4 Å². The highest BCUT2D eigenvalue weighted by molar-refractivity contribution is 5.97. The summed E-state index contributed by atoms with van der Waals surface area (Å²) in [6.45, 7) is 8.13. The molecular weight excluding hydrogens is 350 g/mol. The van der Waals surface area contributed by atoms with Gasteiger partial charge in [0, 0.05) is 55.3 Å². The fourth-order valence-electron chi connectivity index (χ4n) is 5.51. The third kappa shape index (κ3) is 2.97. The average molecular weight is 380 g/mol. The number of amides is 1. The number of nitrogens with zero attached hydrogens (tertiary/aromatic N) is 1. The maximum Gasteiger partial charge on any atom is 0.251 e. The van der Waals surface area contributed by atoms with Gasteiger partial charge in [0.15, 0.2) is 0 Å². The second-order valence-corrected chi connectivity index (χ2v) is 9.00. The van der Waals surface area contributed by atoms with Crippen molar-refractivity contribution in [3.05, 3.63) is 47.7 Å². The summed E-state index contributed by atoms with van der Waals surface area (Å²) >= 11 is 0. The topological polar surface area (TPSA) is 57.4 Å². The molecule has 3 fully saturated rings. The van der Waals surface area contributed by atoms with E-state index in [1.165, 1.54) is 12.0 Å². The molecule has 2 N–H and O–H groups in total. The lowest BCUT2D eigenvalue weighted by atomic mass is 9.73. The molecule has 2 aromatic rings. The summed E-state index contributed by atoms with van der Waals surface area (Å²) in [6, 6.07) is 7.85. The van der Waals surface area contributed by atoms with E-state index in [2.05, 4.69) is 35.1 Å². The summed E-state index contributed by atoms with van der Waals surface area (Å²) in [4.78, 5) is 18.4. The number of rotatable bonds is 5. The standard InChI is InChI=1S/C23H29N3O2/c1-15(2)7-10-26-13-19-18(21-5-8-23(19,14-26)28-21)12-25-22(27)17-4-3-16-6-9-24-20(16)11-17/h3-4,6-7,9,11,18-19,21,24H,5,8,10,12-14H2,1-2H3,(H,25,27)/t18-,19+,21+,23+/m0/s1. The number of nitrogens with one attached hydrogen (secondary N) is 2. The van der Waals surface area contributed by atoms with Crippen LogP contribution in [0.5, 0.6) is 0 Å². The van der Waals surface area contributed by atoms with Gasteiger partial charge in [0.05, 0.1) is 11.7 Å². The van der Waals surface area contributed by atoms with Crippen molar-refractivity contribution < 1.29 is 9.53 Å². The van der Waals surface area contributed by atoms with Gasteiger partial charge in [0.1, 0.15) is 0 Å². The second kappa shape index (κ2) is 6.75. The summed E-state index contributed by atoms with van der Waals surface area (Å²) in [5.74, 6) is 0.958. The van der Waals surface area contributed by atoms with Crippen LogP contribution < -0.4 is 5.32 Å². The Morgan fingerprint density at radius 3 is 3.14 bits per heavy atom. The molecule has 1 aromatic carbocycles. The van der Waals surface area contributed by atoms with Crippen molar-refractivity contribution in [3.8, 4) is 0 Å². The minimum absolute atomic E-state index is 0.00715. The first-order valence-corrected chi connectivity index (χ1v) is 10.4. The zero-order valence-electron chi connectivity index (χ0n) is 16.7. The van der Waals surface area contributed by atoms with E-state index in [4.69, 9.17) is 4.74 Å². The Balaban J connectivity index is 1.25. The van der Waals surface area contributed by atoms with Crippen molar-refractivity contribution in [2.24, 2.45) is 11.8 Å². The van der Waals surface area contributed by atoms with Crippen LogP contribution in [0.2, 0.25) is 0 Å². The fraction of sp³-hybridized carbons (Fsp3) is 0.522. The molecule has 5 rings (SSSR count). The molecule has 0 aliphatic carbocycles. The van der Waals surface area contributed by atoms with Gasteiger partial charge < -0.3 is 15.0 Å². The Bertz CT molecular complexity index is 929. The van der Waals surface area contributed by atoms with Gasteiger partial charge in [-0.2, -0.15) is 0 Å². The molecule has 0 unspecified atom stereocenters. The highest BCUT2D eigenvalue weighted by atomic mass is 16.5. The number of allylic oxidation sites excluding steroid dienone is 1. The lowest BCUT2D eigenvalue weighted by molar-refractivity contribution is 0.00364. The second-order valence-electron chi connectivity index (χ2n) is 9.00. The Morgan fingerprint density at radius 2 is 2.29 bits per heavy atom. The molecule has 5 heteroatoms. The highest BCUT2D eigenvalue weighted by Crippen LogP contribution is 2.54. The van der Waals surface area contributed by atoms with Crippen molar-refractivity contribution >= 4 is 16.8 Å². The third-order valence-electron chi connectivity index (χ3n) is 6.93. The van der Waals surface area contributed by atoms with Gasteiger partial charge in [-0.1, -0.05) is 17.7 Å². The number of benzene rings is 1. The van der Waals surface area contributed by atoms with Crippen LogP contribution in [0.1, 0.15) is 37.0 Å². The molecule has 0 saturated carbocycles. The van der Waals surface area contributed by atoms with Gasteiger partial charge in [-0.15, -0.1) is 0 Å². The van der Waals surface area contributed by atoms with Crippen LogP contribution in [-0.4, -0.2) is 53.7 Å². The Hall–Kier alpha value is -2.11. The first kappa shape index (κ1) is 18.0. The zero-order valence-corrected chi connectivity index (χ0v) is 16.7. The van der Waals surface area contributed by atoms with Crippen molar-refractivity contribution in [1.29, 1.82) is 0 Å². The van der Waals surface area contributed by atoms with Gasteiger partial charge in [-0.3, -0.25) is 9.69 Å². The summed E-state index contributed by atoms with van der Waals surface area (Å²) in [5.41, 5.74) is 3.10. The fourth-order valence-corrected chi connectivity index (χ4v) is 5.51. The van der Waals surface area contributed by atoms with Crippen molar-refractivity contribution in [3.63, 3.8) is 0 Å². The van der Waals surface area contributed by atoms with Gasteiger partial charge in [0.25, 0.3) is 5.91 Å². The number of aromatic amines is 1. The quantitative estimate of drug-likeness (QED) is 0.784. The lowest BCUT2D eigenvalue weighted by Crippen LogP contribution is -2.41. The number of ether oxygens (including phenoxy) is 1. The Morgan fingerprint density at radius 1 is 1.39 bits per heavy atom. The predicted molar refractivity (Wildman–Crippen MR) is 110 cm³/mol. The van der Waals surface area contributed by atoms with E-state index in [1.807, 2.05) is 30.5 Å². The number of hydrogen-bond acceptors (Lipinski definition) is 3. The third-order valence-corrected chi connectivity index (χ3v) is 6.93. The normalized spacial score (nSPS) is 31.3. The van der Waals surface area contributed by atoms with Crippen LogP contribution >= 0.6 is 0 Å². The SMILES string of the molecule is CC(C)=CCN1C[C@@H]2[C@H](CNC(=O)c3ccc4cc[nH]c4c3)[C@H]3CC[C@]2(C1)O3. The summed E-state index contributed by atoms with van der Waals surface area (Å²) < 4.78 is 6.50. The lowest BCUT2D eigenvalue weighted by Gasteiger charge is -2.29. The number of aromatic nitrogens is 1. The first-order chi connectivity index (χ1) is 13.5. The average Bonchev–Trinajstić information content (AvgIpc) is 3.43. The number of carbonyl (C=O) groups excluding carboxylic acids is 1. The van der Waals surface area contributed by atoms with Crippen LogP contribution in [-0.2, 0) is 4.74 Å². The summed E-state index contributed by atoms with van der Waals surface area (Å²) in [5, 5.41) is 4.32. The molecule has 1 spiro atoms. The Labute approximate surface area is 166 Å². The number of carbonyl (C=O) groups is 1. The van der Waals surface area contributed by atoms with Crippen molar-refractivity contribution in [2.75, 3.05) is 26.2 Å². The number of H-pyrrole nitrogens is 1. The van der Waals surface area contributed by atoms with E-state index in [0.29, 0.717) is 30.0 Å². The van der Waals surface area contributed by atoms with Crippen LogP contribution in [0.25, 0.3) is 10.9 Å². The Kier molecular flexibility index (Phi) is 4.33. The smallest absolute Gasteiger partial charge is 0.251 e. The van der Waals surface area contributed by atoms with E-state index in [9.17, 15) is 4.79 Å². The van der Waals surface area contributed by atoms with Crippen molar-refractivity contribution in [1.82, 2.24) is 15.2 Å². The van der Waals surface area contributed by atoms with Crippen LogP contribution in [0.3, 0.4) is 0 Å². The maximum absolute atomic E-state index is 12.7. The van der Waals surface area contributed by atoms with E-state index >= 15 is 0 Å². The van der Waals surface area contributed by atoms with E-state index in [0.717, 1.165) is 37.0 Å². The molecular formula is C23H29N3O2. The highest BCUT2D eigenvalue weighted by Gasteiger charge is 2.62. The molecule has 148 valence electrons. The molecule has 5 nitrogen and oxygen atoms in total. The molecule has 2 bridgehead atoms. The van der Waals surface area contributed by atoms with Crippen LogP contribution in [0.15, 0.2) is 42.1 Å². The van der Waals surface area contributed by atoms with Gasteiger partial charge in [0.2, 0.25) is 0 Å². The van der Waals surface area contributed by atoms with E-state index in [1.54, 1.807) is 0 Å². The first-order valence-electron chi connectivity index (χ1n) is 10.4. The minimum Gasteiger partial charge on any atom is -0.370 e. The summed E-state index contributed by atoms with van der Waals surface area (Å²) in [6.07, 6.45) is 6.81. The van der Waals surface area contributed by atoms with Gasteiger partial charge in [-0.05, 0) is 50.3 Å². The predicted octanol–water partition coefficient (Wildman–Crippen LogP) is 3.34. The molecule has 4 atom stereocenters. The van der Waals surface area contributed by atoms with Crippen LogP contribution in [0.4, 0.5) is 0 Å². The molecule has 1 aromatic heterocycles.